The highest BCUT2D eigenvalue weighted by Crippen LogP contribution is 2.32. The van der Waals surface area contributed by atoms with Gasteiger partial charge in [0.25, 0.3) is 0 Å². The molecular weight excluding hydrogens is 361 g/mol. The summed E-state index contributed by atoms with van der Waals surface area (Å²) in [4.78, 5) is 27.5. The van der Waals surface area contributed by atoms with Gasteiger partial charge in [0.1, 0.15) is 6.54 Å². The van der Waals surface area contributed by atoms with Crippen molar-refractivity contribution in [2.45, 2.75) is 6.92 Å². The van der Waals surface area contributed by atoms with Gasteiger partial charge in [0, 0.05) is 32.4 Å². The first-order chi connectivity index (χ1) is 11.8. The molecule has 0 unspecified atom stereocenters. The van der Waals surface area contributed by atoms with E-state index in [9.17, 15) is 9.59 Å². The monoisotopic (exact) mass is 379 g/mol. The third-order valence-electron chi connectivity index (χ3n) is 3.57. The fourth-order valence-electron chi connectivity index (χ4n) is 2.25. The van der Waals surface area contributed by atoms with E-state index in [0.29, 0.717) is 16.4 Å². The Morgan fingerprint density at radius 1 is 1.04 bits per heavy atom. The Bertz CT molecular complexity index is 776. The van der Waals surface area contributed by atoms with Crippen LogP contribution in [0, 0.1) is 0 Å². The maximum Gasteiger partial charge on any atom is 0.244 e. The summed E-state index contributed by atoms with van der Waals surface area (Å²) >= 11 is 12.2. The smallest absolute Gasteiger partial charge is 0.244 e. The SMILES string of the molecule is CC(=O)N(CC(=O)Nc1ccc(N(C)C)cc1)c1cccc(Cl)c1Cl. The number of rotatable bonds is 5. The Hall–Kier alpha value is -2.24. The summed E-state index contributed by atoms with van der Waals surface area (Å²) in [5.74, 6) is -0.633. The maximum absolute atomic E-state index is 12.3. The zero-order chi connectivity index (χ0) is 18.6. The van der Waals surface area contributed by atoms with Gasteiger partial charge in [-0.3, -0.25) is 9.59 Å². The Kier molecular flexibility index (Phi) is 6.28. The molecule has 0 saturated carbocycles. The maximum atomic E-state index is 12.3. The lowest BCUT2D eigenvalue weighted by atomic mass is 10.2. The molecule has 2 rings (SSSR count). The van der Waals surface area contributed by atoms with Crippen LogP contribution < -0.4 is 15.1 Å². The predicted octanol–water partition coefficient (Wildman–Crippen LogP) is 4.05. The number of hydrogen-bond acceptors (Lipinski definition) is 3. The van der Waals surface area contributed by atoms with E-state index in [0.717, 1.165) is 5.69 Å². The van der Waals surface area contributed by atoms with Crippen LogP contribution in [0.3, 0.4) is 0 Å². The van der Waals surface area contributed by atoms with E-state index in [1.165, 1.54) is 11.8 Å². The first-order valence-electron chi connectivity index (χ1n) is 7.59. The van der Waals surface area contributed by atoms with Crippen molar-refractivity contribution in [3.8, 4) is 0 Å². The number of carbonyl (C=O) groups excluding carboxylic acids is 2. The van der Waals surface area contributed by atoms with Gasteiger partial charge in [0.05, 0.1) is 15.7 Å². The number of nitrogens with one attached hydrogen (secondary N) is 1. The number of amides is 2. The summed E-state index contributed by atoms with van der Waals surface area (Å²) in [6.45, 7) is 1.21. The van der Waals surface area contributed by atoms with Crippen LogP contribution in [0.5, 0.6) is 0 Å². The van der Waals surface area contributed by atoms with Crippen molar-refractivity contribution in [1.29, 1.82) is 0 Å². The Balaban J connectivity index is 2.13. The highest BCUT2D eigenvalue weighted by atomic mass is 35.5. The largest absolute Gasteiger partial charge is 0.378 e. The van der Waals surface area contributed by atoms with Crippen LogP contribution in [0.4, 0.5) is 17.1 Å². The van der Waals surface area contributed by atoms with Gasteiger partial charge in [0.15, 0.2) is 0 Å². The Morgan fingerprint density at radius 3 is 2.24 bits per heavy atom. The third kappa shape index (κ3) is 4.87. The fraction of sp³-hybridized carbons (Fsp3) is 0.222. The van der Waals surface area contributed by atoms with E-state index in [2.05, 4.69) is 5.32 Å². The first kappa shape index (κ1) is 19.1. The molecular formula is C18H19Cl2N3O2. The molecule has 0 atom stereocenters. The molecule has 1 N–H and O–H groups in total. The molecule has 0 aliphatic carbocycles. The molecule has 0 aliphatic heterocycles. The van der Waals surface area contributed by atoms with Crippen molar-refractivity contribution in [3.05, 3.63) is 52.5 Å². The van der Waals surface area contributed by atoms with Crippen molar-refractivity contribution in [3.63, 3.8) is 0 Å². The van der Waals surface area contributed by atoms with Gasteiger partial charge in [-0.25, -0.2) is 0 Å². The minimum Gasteiger partial charge on any atom is -0.378 e. The van der Waals surface area contributed by atoms with Crippen molar-refractivity contribution < 1.29 is 9.59 Å². The molecule has 2 aromatic carbocycles. The van der Waals surface area contributed by atoms with E-state index in [1.54, 1.807) is 30.3 Å². The van der Waals surface area contributed by atoms with Gasteiger partial charge >= 0.3 is 0 Å². The lowest BCUT2D eigenvalue weighted by Crippen LogP contribution is -2.36. The number of carbonyl (C=O) groups is 2. The lowest BCUT2D eigenvalue weighted by molar-refractivity contribution is -0.120. The van der Waals surface area contributed by atoms with E-state index in [4.69, 9.17) is 23.2 Å². The van der Waals surface area contributed by atoms with Crippen molar-refractivity contribution >= 4 is 52.1 Å². The first-order valence-corrected chi connectivity index (χ1v) is 8.34. The molecule has 0 aliphatic rings. The number of hydrogen-bond donors (Lipinski definition) is 1. The normalized spacial score (nSPS) is 10.3. The standard InChI is InChI=1S/C18H19Cl2N3O2/c1-12(24)23(16-6-4-5-15(19)18(16)20)11-17(25)21-13-7-9-14(10-8-13)22(2)3/h4-10H,11H2,1-3H3,(H,21,25). The average Bonchev–Trinajstić information content (AvgIpc) is 2.56. The molecule has 0 fully saturated rings. The molecule has 132 valence electrons. The van der Waals surface area contributed by atoms with Crippen LogP contribution in [0.2, 0.25) is 10.0 Å². The van der Waals surface area contributed by atoms with E-state index in [-0.39, 0.29) is 23.4 Å². The zero-order valence-electron chi connectivity index (χ0n) is 14.2. The topological polar surface area (TPSA) is 52.7 Å². The van der Waals surface area contributed by atoms with Crippen LogP contribution >= 0.6 is 23.2 Å². The molecule has 0 aromatic heterocycles. The molecule has 5 nitrogen and oxygen atoms in total. The van der Waals surface area contributed by atoms with Gasteiger partial charge in [-0.1, -0.05) is 29.3 Å². The predicted molar refractivity (Wildman–Crippen MR) is 104 cm³/mol. The lowest BCUT2D eigenvalue weighted by Gasteiger charge is -2.22. The molecule has 25 heavy (non-hydrogen) atoms. The molecule has 0 heterocycles. The summed E-state index contributed by atoms with van der Waals surface area (Å²) in [6.07, 6.45) is 0. The third-order valence-corrected chi connectivity index (χ3v) is 4.38. The van der Waals surface area contributed by atoms with Gasteiger partial charge in [0.2, 0.25) is 11.8 Å². The quantitative estimate of drug-likeness (QED) is 0.852. The van der Waals surface area contributed by atoms with Gasteiger partial charge in [-0.2, -0.15) is 0 Å². The minimum atomic E-state index is -0.330. The molecule has 0 spiro atoms. The van der Waals surface area contributed by atoms with Crippen LogP contribution in [0.25, 0.3) is 0 Å². The average molecular weight is 380 g/mol. The molecule has 2 aromatic rings. The Labute approximate surface area is 157 Å². The van der Waals surface area contributed by atoms with Crippen molar-refractivity contribution in [2.75, 3.05) is 35.8 Å². The highest BCUT2D eigenvalue weighted by molar-refractivity contribution is 6.44. The second-order valence-electron chi connectivity index (χ2n) is 5.67. The van der Waals surface area contributed by atoms with Crippen molar-refractivity contribution in [1.82, 2.24) is 0 Å². The summed E-state index contributed by atoms with van der Waals surface area (Å²) in [6, 6.07) is 12.3. The van der Waals surface area contributed by atoms with Crippen LogP contribution in [0.15, 0.2) is 42.5 Å². The number of benzene rings is 2. The summed E-state index contributed by atoms with van der Waals surface area (Å²) in [7, 11) is 3.88. The van der Waals surface area contributed by atoms with Crippen LogP contribution in [-0.4, -0.2) is 32.5 Å². The highest BCUT2D eigenvalue weighted by Gasteiger charge is 2.19. The van der Waals surface area contributed by atoms with E-state index < -0.39 is 0 Å². The zero-order valence-corrected chi connectivity index (χ0v) is 15.7. The number of anilines is 3. The van der Waals surface area contributed by atoms with Gasteiger partial charge in [-0.05, 0) is 36.4 Å². The van der Waals surface area contributed by atoms with E-state index in [1.807, 2.05) is 31.1 Å². The molecule has 0 saturated heterocycles. The van der Waals surface area contributed by atoms with Gasteiger partial charge in [-0.15, -0.1) is 0 Å². The van der Waals surface area contributed by atoms with Crippen LogP contribution in [-0.2, 0) is 9.59 Å². The molecule has 2 amide bonds. The van der Waals surface area contributed by atoms with E-state index >= 15 is 0 Å². The summed E-state index contributed by atoms with van der Waals surface area (Å²) in [5, 5.41) is 3.33. The second kappa shape index (κ2) is 8.23. The molecule has 0 radical (unpaired) electrons. The summed E-state index contributed by atoms with van der Waals surface area (Å²) < 4.78 is 0. The van der Waals surface area contributed by atoms with Gasteiger partial charge < -0.3 is 15.1 Å². The Morgan fingerprint density at radius 2 is 1.68 bits per heavy atom. The van der Waals surface area contributed by atoms with Crippen LogP contribution in [0.1, 0.15) is 6.92 Å². The summed E-state index contributed by atoms with van der Waals surface area (Å²) in [5.41, 5.74) is 2.07. The molecule has 7 heteroatoms. The number of nitrogens with zero attached hydrogens (tertiary/aromatic N) is 2. The second-order valence-corrected chi connectivity index (χ2v) is 6.45. The molecule has 0 bridgehead atoms. The minimum absolute atomic E-state index is 0.162. The van der Waals surface area contributed by atoms with Crippen molar-refractivity contribution in [2.24, 2.45) is 0 Å². The number of halogens is 2. The fourth-order valence-corrected chi connectivity index (χ4v) is 2.65.